The van der Waals surface area contributed by atoms with Gasteiger partial charge in [0.05, 0.1) is 23.0 Å². The van der Waals surface area contributed by atoms with Crippen LogP contribution in [-0.2, 0) is 38.0 Å². The zero-order valence-electron chi connectivity index (χ0n) is 28.3. The lowest BCUT2D eigenvalue weighted by Gasteiger charge is -2.24. The monoisotopic (exact) mass is 644 g/mol. The fourth-order valence-corrected chi connectivity index (χ4v) is 8.32. The Bertz CT molecular complexity index is 1160. The summed E-state index contributed by atoms with van der Waals surface area (Å²) in [5.41, 5.74) is 1.45. The maximum atomic E-state index is 12.8. The summed E-state index contributed by atoms with van der Waals surface area (Å²) < 4.78 is 35.3. The topological polar surface area (TPSA) is 120 Å². The molecule has 0 N–H and O–H groups in total. The summed E-state index contributed by atoms with van der Waals surface area (Å²) in [6.07, 6.45) is 9.19. The minimum absolute atomic E-state index is 0.0470. The Morgan fingerprint density at radius 3 is 1.57 bits per heavy atom. The number of ether oxygens (including phenoxy) is 6. The SMILES string of the molecule is CN(C)CC1C(=O)O[C@H]2[C@H]1CC/C(COC(=O)OC/C1=C/CC[C@@]3(C)O[C@H]3[C@H]3OC(=O)C(CN(C)C)[C@@H]3CC1)=C\CC[C@@]1(C)O[C@@H]21. The van der Waals surface area contributed by atoms with Crippen LogP contribution in [0.25, 0.3) is 0 Å². The standard InChI is InChI=1S/C35H52N2O9/c1-34-15-7-9-21(11-13-23-25(17-36(3)4)31(38)43-27(23)29(34)45-34)19-41-33(40)42-20-22-10-8-16-35(2)30(46-35)28-24(14-12-22)26(18-37(5)6)32(39)44-28/h9-10,23-30H,7-8,11-20H2,1-6H3/b21-9+,22-10+/t23-,24-,25?,26?,27-,28-,29-,30-,34+,35+/m0/s1. The van der Waals surface area contributed by atoms with Gasteiger partial charge in [-0.1, -0.05) is 12.2 Å². The van der Waals surface area contributed by atoms with Gasteiger partial charge in [-0.2, -0.15) is 0 Å². The zero-order chi connectivity index (χ0) is 32.8. The van der Waals surface area contributed by atoms with Crippen LogP contribution < -0.4 is 0 Å². The third-order valence-corrected chi connectivity index (χ3v) is 11.1. The number of nitrogens with zero attached hydrogens (tertiary/aromatic N) is 2. The molecular formula is C35H52N2O9. The van der Waals surface area contributed by atoms with E-state index in [4.69, 9.17) is 28.4 Å². The highest BCUT2D eigenvalue weighted by Crippen LogP contribution is 2.51. The highest BCUT2D eigenvalue weighted by atomic mass is 16.7. The Morgan fingerprint density at radius 1 is 0.761 bits per heavy atom. The molecule has 0 aromatic rings. The first-order valence-corrected chi connectivity index (χ1v) is 17.1. The van der Waals surface area contributed by atoms with Gasteiger partial charge in [-0.05, 0) is 105 Å². The number of rotatable bonds is 8. The van der Waals surface area contributed by atoms with Gasteiger partial charge in [-0.3, -0.25) is 9.59 Å². The van der Waals surface area contributed by atoms with Crippen molar-refractivity contribution in [3.8, 4) is 0 Å². The number of esters is 2. The first-order chi connectivity index (χ1) is 21.9. The van der Waals surface area contributed by atoms with Crippen LogP contribution >= 0.6 is 0 Å². The molecule has 0 amide bonds. The van der Waals surface area contributed by atoms with Crippen LogP contribution in [0.15, 0.2) is 23.3 Å². The summed E-state index contributed by atoms with van der Waals surface area (Å²) in [4.78, 5) is 42.6. The summed E-state index contributed by atoms with van der Waals surface area (Å²) in [7, 11) is 7.88. The fraction of sp³-hybridized carbons (Fsp3) is 0.800. The van der Waals surface area contributed by atoms with Crippen LogP contribution in [-0.4, -0.2) is 118 Å². The second-order valence-electron chi connectivity index (χ2n) is 15.3. The molecule has 4 fully saturated rings. The zero-order valence-corrected chi connectivity index (χ0v) is 28.3. The van der Waals surface area contributed by atoms with Gasteiger partial charge in [0.2, 0.25) is 0 Å². The van der Waals surface area contributed by atoms with E-state index in [1.54, 1.807) is 0 Å². The molecule has 0 spiro atoms. The van der Waals surface area contributed by atoms with E-state index in [1.165, 1.54) is 0 Å². The van der Waals surface area contributed by atoms with Crippen LogP contribution in [0.4, 0.5) is 4.79 Å². The number of hydrogen-bond acceptors (Lipinski definition) is 11. The van der Waals surface area contributed by atoms with Crippen molar-refractivity contribution in [3.63, 3.8) is 0 Å². The molecule has 46 heavy (non-hydrogen) atoms. The Hall–Kier alpha value is -2.47. The Kier molecular flexibility index (Phi) is 9.60. The molecule has 4 heterocycles. The minimum atomic E-state index is -0.698. The Morgan fingerprint density at radius 2 is 1.17 bits per heavy atom. The van der Waals surface area contributed by atoms with Crippen molar-refractivity contribution in [2.45, 2.75) is 101 Å². The molecule has 6 rings (SSSR count). The van der Waals surface area contributed by atoms with Gasteiger partial charge in [-0.15, -0.1) is 0 Å². The largest absolute Gasteiger partial charge is 0.508 e. The van der Waals surface area contributed by atoms with Crippen molar-refractivity contribution < 1.29 is 42.8 Å². The molecule has 0 aromatic carbocycles. The molecule has 0 saturated carbocycles. The highest BCUT2D eigenvalue weighted by molar-refractivity contribution is 5.76. The van der Waals surface area contributed by atoms with Crippen molar-refractivity contribution in [1.29, 1.82) is 0 Å². The van der Waals surface area contributed by atoms with Crippen molar-refractivity contribution >= 4 is 18.1 Å². The summed E-state index contributed by atoms with van der Waals surface area (Å²) in [5, 5.41) is 0. The lowest BCUT2D eigenvalue weighted by Crippen LogP contribution is -2.34. The fourth-order valence-electron chi connectivity index (χ4n) is 8.32. The van der Waals surface area contributed by atoms with Crippen LogP contribution in [0.3, 0.4) is 0 Å². The third kappa shape index (κ3) is 7.17. The molecule has 256 valence electrons. The second-order valence-corrected chi connectivity index (χ2v) is 15.3. The summed E-state index contributed by atoms with van der Waals surface area (Å²) in [5.74, 6) is -0.594. The number of carbonyl (C=O) groups excluding carboxylic acids is 3. The van der Waals surface area contributed by atoms with Crippen molar-refractivity contribution in [1.82, 2.24) is 9.80 Å². The van der Waals surface area contributed by atoms with E-state index in [0.29, 0.717) is 25.9 Å². The van der Waals surface area contributed by atoms with E-state index in [2.05, 4.69) is 26.0 Å². The van der Waals surface area contributed by atoms with Gasteiger partial charge in [0.1, 0.15) is 37.6 Å². The normalized spacial score (nSPS) is 42.6. The number of fused-ring (bicyclic) bond motifs is 6. The van der Waals surface area contributed by atoms with E-state index >= 15 is 0 Å². The number of carbonyl (C=O) groups is 3. The van der Waals surface area contributed by atoms with Crippen LogP contribution in [0.5, 0.6) is 0 Å². The molecule has 2 unspecified atom stereocenters. The first kappa shape index (κ1) is 33.4. The third-order valence-electron chi connectivity index (χ3n) is 11.1. The number of hydrogen-bond donors (Lipinski definition) is 0. The van der Waals surface area contributed by atoms with Gasteiger partial charge >= 0.3 is 18.1 Å². The van der Waals surface area contributed by atoms with Gasteiger partial charge in [-0.25, -0.2) is 4.79 Å². The van der Waals surface area contributed by atoms with Gasteiger partial charge < -0.3 is 38.2 Å². The molecule has 0 aromatic heterocycles. The van der Waals surface area contributed by atoms with Gasteiger partial charge in [0, 0.05) is 24.9 Å². The molecular weight excluding hydrogens is 592 g/mol. The lowest BCUT2D eigenvalue weighted by atomic mass is 9.80. The number of epoxide rings is 2. The summed E-state index contributed by atoms with van der Waals surface area (Å²) in [6, 6.07) is 0. The molecule has 11 nitrogen and oxygen atoms in total. The Balaban J connectivity index is 1.04. The van der Waals surface area contributed by atoms with Gasteiger partial charge in [0.15, 0.2) is 0 Å². The van der Waals surface area contributed by atoms with Crippen LogP contribution in [0.1, 0.15) is 65.2 Å². The van der Waals surface area contributed by atoms with Gasteiger partial charge in [0.25, 0.3) is 0 Å². The maximum Gasteiger partial charge on any atom is 0.508 e. The molecule has 10 atom stereocenters. The summed E-state index contributed by atoms with van der Waals surface area (Å²) in [6.45, 7) is 5.75. The van der Waals surface area contributed by atoms with E-state index in [9.17, 15) is 14.4 Å². The van der Waals surface area contributed by atoms with E-state index in [1.807, 2.05) is 38.0 Å². The molecule has 0 radical (unpaired) electrons. The minimum Gasteiger partial charge on any atom is -0.459 e. The predicted octanol–water partition coefficient (Wildman–Crippen LogP) is 3.89. The van der Waals surface area contributed by atoms with E-state index in [-0.39, 0.29) is 84.4 Å². The Labute approximate surface area is 272 Å². The van der Waals surface area contributed by atoms with E-state index in [0.717, 1.165) is 49.7 Å². The van der Waals surface area contributed by atoms with Crippen LogP contribution in [0, 0.1) is 23.7 Å². The first-order valence-electron chi connectivity index (χ1n) is 17.1. The molecule has 4 saturated heterocycles. The van der Waals surface area contributed by atoms with Crippen molar-refractivity contribution in [3.05, 3.63) is 23.3 Å². The quantitative estimate of drug-likeness (QED) is 0.166. The molecule has 4 aliphatic heterocycles. The average Bonchev–Trinajstić information content (AvgIpc) is 3.79. The smallest absolute Gasteiger partial charge is 0.459 e. The van der Waals surface area contributed by atoms with Crippen LogP contribution in [0.2, 0.25) is 0 Å². The highest BCUT2D eigenvalue weighted by Gasteiger charge is 2.64. The number of allylic oxidation sites excluding steroid dienone is 2. The molecule has 0 bridgehead atoms. The molecule has 11 heteroatoms. The lowest BCUT2D eigenvalue weighted by molar-refractivity contribution is -0.146. The van der Waals surface area contributed by atoms with Crippen molar-refractivity contribution in [2.75, 3.05) is 54.5 Å². The second kappa shape index (κ2) is 13.2. The molecule has 6 aliphatic rings. The predicted molar refractivity (Wildman–Crippen MR) is 168 cm³/mol. The van der Waals surface area contributed by atoms with Crippen molar-refractivity contribution in [2.24, 2.45) is 23.7 Å². The average molecular weight is 645 g/mol. The summed E-state index contributed by atoms with van der Waals surface area (Å²) >= 11 is 0. The maximum absolute atomic E-state index is 12.8. The van der Waals surface area contributed by atoms with E-state index < -0.39 is 6.16 Å². The molecule has 2 aliphatic carbocycles.